The summed E-state index contributed by atoms with van der Waals surface area (Å²) in [5.41, 5.74) is 1.78. The Kier molecular flexibility index (Phi) is 3.21. The molecule has 5 heteroatoms. The second-order valence-electron chi connectivity index (χ2n) is 5.20. The summed E-state index contributed by atoms with van der Waals surface area (Å²) in [5, 5.41) is 14.3. The number of nitrogens with zero attached hydrogens (tertiary/aromatic N) is 1. The summed E-state index contributed by atoms with van der Waals surface area (Å²) < 4.78 is 0. The highest BCUT2D eigenvalue weighted by molar-refractivity contribution is 6.01. The molecular weight excluding hydrogens is 240 g/mol. The maximum absolute atomic E-state index is 12.3. The van der Waals surface area contributed by atoms with Gasteiger partial charge in [-0.15, -0.1) is 0 Å². The molecule has 1 fully saturated rings. The van der Waals surface area contributed by atoms with Crippen LogP contribution in [0.2, 0.25) is 0 Å². The van der Waals surface area contributed by atoms with E-state index >= 15 is 0 Å². The minimum atomic E-state index is 0.0957. The number of H-pyrrole nitrogens is 1. The van der Waals surface area contributed by atoms with Crippen molar-refractivity contribution < 1.29 is 4.79 Å². The fourth-order valence-corrected chi connectivity index (χ4v) is 2.68. The predicted molar refractivity (Wildman–Crippen MR) is 74.9 cm³/mol. The molecule has 1 amide bonds. The molecule has 3 rings (SSSR count). The van der Waals surface area contributed by atoms with Crippen molar-refractivity contribution >= 4 is 22.5 Å². The van der Waals surface area contributed by atoms with Gasteiger partial charge in [-0.25, -0.2) is 0 Å². The van der Waals surface area contributed by atoms with Crippen LogP contribution in [0.15, 0.2) is 24.4 Å². The summed E-state index contributed by atoms with van der Waals surface area (Å²) >= 11 is 0. The molecular formula is C14H18N4O. The molecule has 1 aromatic carbocycles. The van der Waals surface area contributed by atoms with Crippen LogP contribution in [0.3, 0.4) is 0 Å². The topological polar surface area (TPSA) is 69.8 Å². The van der Waals surface area contributed by atoms with E-state index in [0.717, 1.165) is 36.0 Å². The van der Waals surface area contributed by atoms with Gasteiger partial charge < -0.3 is 10.6 Å². The summed E-state index contributed by atoms with van der Waals surface area (Å²) in [6.07, 6.45) is 3.54. The van der Waals surface area contributed by atoms with Crippen molar-refractivity contribution in [3.63, 3.8) is 0 Å². The summed E-state index contributed by atoms with van der Waals surface area (Å²) in [4.78, 5) is 12.3. The molecule has 2 unspecified atom stereocenters. The molecule has 1 aliphatic heterocycles. The number of amides is 1. The van der Waals surface area contributed by atoms with E-state index in [-0.39, 0.29) is 11.8 Å². The molecule has 0 saturated carbocycles. The number of piperidine rings is 1. The van der Waals surface area contributed by atoms with Crippen LogP contribution >= 0.6 is 0 Å². The fourth-order valence-electron chi connectivity index (χ4n) is 2.68. The molecule has 1 saturated heterocycles. The van der Waals surface area contributed by atoms with E-state index in [1.54, 1.807) is 6.20 Å². The standard InChI is InChI=1S/C14H18N4O/c1-9-7-10(5-6-15-9)14(19)17-12-3-2-4-13-11(12)8-16-18-13/h2-4,8-10,15H,5-7H2,1H3,(H,16,18)(H,17,19). The zero-order chi connectivity index (χ0) is 13.2. The van der Waals surface area contributed by atoms with Gasteiger partial charge in [0.25, 0.3) is 0 Å². The molecule has 5 nitrogen and oxygen atoms in total. The molecule has 0 radical (unpaired) electrons. The molecule has 1 aliphatic rings. The lowest BCUT2D eigenvalue weighted by Crippen LogP contribution is -2.40. The quantitative estimate of drug-likeness (QED) is 0.770. The molecule has 2 atom stereocenters. The number of benzene rings is 1. The number of aromatic amines is 1. The van der Waals surface area contributed by atoms with Crippen molar-refractivity contribution in [2.45, 2.75) is 25.8 Å². The minimum absolute atomic E-state index is 0.0957. The van der Waals surface area contributed by atoms with Gasteiger partial charge in [0.1, 0.15) is 0 Å². The van der Waals surface area contributed by atoms with E-state index in [4.69, 9.17) is 0 Å². The Labute approximate surface area is 111 Å². The number of aromatic nitrogens is 2. The number of hydrogen-bond acceptors (Lipinski definition) is 3. The second kappa shape index (κ2) is 5.01. The first-order valence-electron chi connectivity index (χ1n) is 6.70. The number of carbonyl (C=O) groups excluding carboxylic acids is 1. The van der Waals surface area contributed by atoms with Gasteiger partial charge in [-0.2, -0.15) is 5.10 Å². The second-order valence-corrected chi connectivity index (χ2v) is 5.20. The lowest BCUT2D eigenvalue weighted by atomic mass is 9.92. The first-order chi connectivity index (χ1) is 9.24. The van der Waals surface area contributed by atoms with Gasteiger partial charge in [0.15, 0.2) is 0 Å². The number of anilines is 1. The Morgan fingerprint density at radius 2 is 2.37 bits per heavy atom. The number of nitrogens with one attached hydrogen (secondary N) is 3. The van der Waals surface area contributed by atoms with E-state index in [0.29, 0.717) is 6.04 Å². The van der Waals surface area contributed by atoms with Gasteiger partial charge in [-0.3, -0.25) is 9.89 Å². The van der Waals surface area contributed by atoms with E-state index in [9.17, 15) is 4.79 Å². The maximum atomic E-state index is 12.3. The Morgan fingerprint density at radius 1 is 1.47 bits per heavy atom. The third-order valence-corrected chi connectivity index (χ3v) is 3.74. The highest BCUT2D eigenvalue weighted by atomic mass is 16.1. The van der Waals surface area contributed by atoms with Crippen molar-refractivity contribution in [1.29, 1.82) is 0 Å². The number of fused-ring (bicyclic) bond motifs is 1. The van der Waals surface area contributed by atoms with Gasteiger partial charge in [-0.1, -0.05) is 6.07 Å². The highest BCUT2D eigenvalue weighted by Gasteiger charge is 2.24. The van der Waals surface area contributed by atoms with Crippen molar-refractivity contribution in [3.8, 4) is 0 Å². The molecule has 19 heavy (non-hydrogen) atoms. The van der Waals surface area contributed by atoms with E-state index in [1.165, 1.54) is 0 Å². The molecule has 2 aromatic rings. The van der Waals surface area contributed by atoms with Crippen LogP contribution in [0.5, 0.6) is 0 Å². The van der Waals surface area contributed by atoms with Crippen LogP contribution in [0.25, 0.3) is 10.9 Å². The minimum Gasteiger partial charge on any atom is -0.325 e. The highest BCUT2D eigenvalue weighted by Crippen LogP contribution is 2.23. The molecule has 0 spiro atoms. The van der Waals surface area contributed by atoms with Crippen LogP contribution in [-0.2, 0) is 4.79 Å². The van der Waals surface area contributed by atoms with Crippen LogP contribution in [0.4, 0.5) is 5.69 Å². The monoisotopic (exact) mass is 258 g/mol. The molecule has 0 aliphatic carbocycles. The maximum Gasteiger partial charge on any atom is 0.227 e. The summed E-state index contributed by atoms with van der Waals surface area (Å²) in [6.45, 7) is 3.03. The van der Waals surface area contributed by atoms with Crippen molar-refractivity contribution in [3.05, 3.63) is 24.4 Å². The van der Waals surface area contributed by atoms with Crippen LogP contribution in [-0.4, -0.2) is 28.7 Å². The molecule has 0 bridgehead atoms. The Bertz CT molecular complexity index is 592. The summed E-state index contributed by atoms with van der Waals surface area (Å²) in [5.74, 6) is 0.209. The first kappa shape index (κ1) is 12.2. The SMILES string of the molecule is CC1CC(C(=O)Nc2cccc3[nH]ncc23)CCN1. The van der Waals surface area contributed by atoms with Gasteiger partial charge in [-0.05, 0) is 38.4 Å². The Hall–Kier alpha value is -1.88. The number of rotatable bonds is 2. The van der Waals surface area contributed by atoms with Crippen LogP contribution in [0, 0.1) is 5.92 Å². The number of hydrogen-bond donors (Lipinski definition) is 3. The zero-order valence-electron chi connectivity index (χ0n) is 10.9. The normalized spacial score (nSPS) is 23.4. The van der Waals surface area contributed by atoms with Gasteiger partial charge in [0.2, 0.25) is 5.91 Å². The van der Waals surface area contributed by atoms with Gasteiger partial charge in [0, 0.05) is 17.3 Å². The predicted octanol–water partition coefficient (Wildman–Crippen LogP) is 1.89. The lowest BCUT2D eigenvalue weighted by Gasteiger charge is -2.27. The van der Waals surface area contributed by atoms with Crippen molar-refractivity contribution in [1.82, 2.24) is 15.5 Å². The zero-order valence-corrected chi connectivity index (χ0v) is 10.9. The molecule has 2 heterocycles. The molecule has 100 valence electrons. The first-order valence-corrected chi connectivity index (χ1v) is 6.70. The van der Waals surface area contributed by atoms with Crippen LogP contribution < -0.4 is 10.6 Å². The average molecular weight is 258 g/mol. The van der Waals surface area contributed by atoms with E-state index in [2.05, 4.69) is 27.8 Å². The summed E-state index contributed by atoms with van der Waals surface area (Å²) in [7, 11) is 0. The third-order valence-electron chi connectivity index (χ3n) is 3.74. The Balaban J connectivity index is 1.77. The van der Waals surface area contributed by atoms with Crippen LogP contribution in [0.1, 0.15) is 19.8 Å². The largest absolute Gasteiger partial charge is 0.325 e. The van der Waals surface area contributed by atoms with Crippen molar-refractivity contribution in [2.24, 2.45) is 5.92 Å². The third kappa shape index (κ3) is 2.46. The van der Waals surface area contributed by atoms with Crippen molar-refractivity contribution in [2.75, 3.05) is 11.9 Å². The average Bonchev–Trinajstić information content (AvgIpc) is 2.88. The lowest BCUT2D eigenvalue weighted by molar-refractivity contribution is -0.120. The van der Waals surface area contributed by atoms with E-state index in [1.807, 2.05) is 18.2 Å². The Morgan fingerprint density at radius 3 is 3.21 bits per heavy atom. The summed E-state index contributed by atoms with van der Waals surface area (Å²) in [6, 6.07) is 6.20. The van der Waals surface area contributed by atoms with E-state index < -0.39 is 0 Å². The molecule has 3 N–H and O–H groups in total. The van der Waals surface area contributed by atoms with Gasteiger partial charge in [0.05, 0.1) is 17.4 Å². The fraction of sp³-hybridized carbons (Fsp3) is 0.429. The smallest absolute Gasteiger partial charge is 0.227 e. The number of carbonyl (C=O) groups is 1. The van der Waals surface area contributed by atoms with Gasteiger partial charge >= 0.3 is 0 Å². The molecule has 1 aromatic heterocycles.